The minimum absolute atomic E-state index is 0.260. The third kappa shape index (κ3) is 2.96. The summed E-state index contributed by atoms with van der Waals surface area (Å²) in [4.78, 5) is 4.22. The predicted octanol–water partition coefficient (Wildman–Crippen LogP) is 2.94. The van der Waals surface area contributed by atoms with Crippen molar-refractivity contribution in [1.82, 2.24) is 10.3 Å². The van der Waals surface area contributed by atoms with Crippen LogP contribution >= 0.6 is 0 Å². The second-order valence-electron chi connectivity index (χ2n) is 4.28. The average Bonchev–Trinajstić information content (AvgIpc) is 2.81. The number of nitrogens with zero attached hydrogens (tertiary/aromatic N) is 1. The lowest BCUT2D eigenvalue weighted by Crippen LogP contribution is -2.08. The topological polar surface area (TPSA) is 38.1 Å². The molecule has 0 aliphatic heterocycles. The highest BCUT2D eigenvalue weighted by molar-refractivity contribution is 5.61. The van der Waals surface area contributed by atoms with Crippen LogP contribution in [0.25, 0.3) is 11.3 Å². The second kappa shape index (κ2) is 5.78. The van der Waals surface area contributed by atoms with Gasteiger partial charge < -0.3 is 9.73 Å². The molecule has 0 saturated carbocycles. The van der Waals surface area contributed by atoms with Crippen LogP contribution < -0.4 is 5.32 Å². The Bertz CT molecular complexity index is 522. The molecule has 0 radical (unpaired) electrons. The Hall–Kier alpha value is -1.68. The van der Waals surface area contributed by atoms with Crippen LogP contribution in [0.2, 0.25) is 0 Å². The number of nitrogens with one attached hydrogen (secondary N) is 1. The van der Waals surface area contributed by atoms with Crippen LogP contribution in [0.15, 0.2) is 28.8 Å². The Morgan fingerprint density at radius 3 is 3.00 bits per heavy atom. The van der Waals surface area contributed by atoms with E-state index in [4.69, 9.17) is 4.42 Å². The first kappa shape index (κ1) is 12.8. The fraction of sp³-hybridized carbons (Fsp3) is 0.357. The first-order valence-corrected chi connectivity index (χ1v) is 6.06. The van der Waals surface area contributed by atoms with Crippen molar-refractivity contribution >= 4 is 0 Å². The van der Waals surface area contributed by atoms with Gasteiger partial charge in [0.15, 0.2) is 11.7 Å². The highest BCUT2D eigenvalue weighted by Crippen LogP contribution is 2.25. The van der Waals surface area contributed by atoms with Crippen LogP contribution in [0.3, 0.4) is 0 Å². The van der Waals surface area contributed by atoms with Crippen molar-refractivity contribution in [2.75, 3.05) is 13.6 Å². The van der Waals surface area contributed by atoms with Gasteiger partial charge in [0, 0.05) is 12.0 Å². The zero-order valence-corrected chi connectivity index (χ0v) is 10.7. The van der Waals surface area contributed by atoms with E-state index in [0.717, 1.165) is 30.5 Å². The van der Waals surface area contributed by atoms with Gasteiger partial charge in [-0.05, 0) is 44.6 Å². The van der Waals surface area contributed by atoms with Crippen LogP contribution in [0, 0.1) is 12.7 Å². The van der Waals surface area contributed by atoms with Gasteiger partial charge in [0.25, 0.3) is 0 Å². The molecule has 0 aliphatic rings. The largest absolute Gasteiger partial charge is 0.441 e. The number of oxazole rings is 1. The third-order valence-electron chi connectivity index (χ3n) is 2.84. The van der Waals surface area contributed by atoms with Gasteiger partial charge in [-0.2, -0.15) is 0 Å². The lowest BCUT2D eigenvalue weighted by Gasteiger charge is -2.01. The molecular formula is C14H17FN2O. The van der Waals surface area contributed by atoms with Crippen molar-refractivity contribution < 1.29 is 8.81 Å². The number of halogens is 1. The number of hydrogen-bond donors (Lipinski definition) is 1. The van der Waals surface area contributed by atoms with Crippen molar-refractivity contribution in [3.05, 3.63) is 41.7 Å². The number of aromatic nitrogens is 1. The zero-order valence-electron chi connectivity index (χ0n) is 10.7. The minimum Gasteiger partial charge on any atom is -0.441 e. The normalized spacial score (nSPS) is 10.8. The molecule has 1 N–H and O–H groups in total. The van der Waals surface area contributed by atoms with Crippen LogP contribution in [0.1, 0.15) is 17.9 Å². The molecule has 3 nitrogen and oxygen atoms in total. The molecule has 0 aliphatic carbocycles. The highest BCUT2D eigenvalue weighted by Gasteiger charge is 2.09. The number of rotatable bonds is 5. The summed E-state index contributed by atoms with van der Waals surface area (Å²) in [6.45, 7) is 2.86. The Morgan fingerprint density at radius 2 is 2.22 bits per heavy atom. The van der Waals surface area contributed by atoms with Crippen molar-refractivity contribution in [2.45, 2.75) is 19.8 Å². The fourth-order valence-electron chi connectivity index (χ4n) is 1.83. The van der Waals surface area contributed by atoms with Gasteiger partial charge in [-0.1, -0.05) is 6.07 Å². The molecule has 96 valence electrons. The monoisotopic (exact) mass is 248 g/mol. The summed E-state index contributed by atoms with van der Waals surface area (Å²) in [6, 6.07) is 4.67. The van der Waals surface area contributed by atoms with Gasteiger partial charge in [0.05, 0.1) is 6.20 Å². The minimum atomic E-state index is -0.260. The Kier molecular flexibility index (Phi) is 4.10. The second-order valence-corrected chi connectivity index (χ2v) is 4.28. The smallest absolute Gasteiger partial charge is 0.194 e. The summed E-state index contributed by atoms with van der Waals surface area (Å²) in [5.41, 5.74) is 1.75. The fourth-order valence-corrected chi connectivity index (χ4v) is 1.83. The Balaban J connectivity index is 2.16. The van der Waals surface area contributed by atoms with Gasteiger partial charge >= 0.3 is 0 Å². The molecule has 0 amide bonds. The first-order valence-electron chi connectivity index (χ1n) is 6.06. The van der Waals surface area contributed by atoms with Crippen molar-refractivity contribution in [3.8, 4) is 11.3 Å². The molecule has 2 aromatic rings. The van der Waals surface area contributed by atoms with Gasteiger partial charge in [0.1, 0.15) is 5.82 Å². The van der Waals surface area contributed by atoms with Crippen LogP contribution in [0.4, 0.5) is 4.39 Å². The van der Waals surface area contributed by atoms with Crippen molar-refractivity contribution in [1.29, 1.82) is 0 Å². The average molecular weight is 248 g/mol. The standard InChI is InChI=1S/C14H17FN2O/c1-10-5-6-11(15)8-12(10)13-9-17-14(18-13)4-3-7-16-2/h5-6,8-9,16H,3-4,7H2,1-2H3. The molecule has 4 heteroatoms. The van der Waals surface area contributed by atoms with Crippen LogP contribution in [0.5, 0.6) is 0 Å². The summed E-state index contributed by atoms with van der Waals surface area (Å²) >= 11 is 0. The zero-order chi connectivity index (χ0) is 13.0. The molecule has 1 heterocycles. The number of hydrogen-bond acceptors (Lipinski definition) is 3. The molecule has 0 bridgehead atoms. The van der Waals surface area contributed by atoms with E-state index in [1.807, 2.05) is 14.0 Å². The molecule has 18 heavy (non-hydrogen) atoms. The molecule has 0 unspecified atom stereocenters. The van der Waals surface area contributed by atoms with Gasteiger partial charge in [-0.15, -0.1) is 0 Å². The maximum atomic E-state index is 13.2. The van der Waals surface area contributed by atoms with E-state index in [9.17, 15) is 4.39 Å². The lowest BCUT2D eigenvalue weighted by molar-refractivity contribution is 0.494. The molecule has 2 rings (SSSR count). The van der Waals surface area contributed by atoms with E-state index < -0.39 is 0 Å². The first-order chi connectivity index (χ1) is 8.70. The van der Waals surface area contributed by atoms with Gasteiger partial charge in [0.2, 0.25) is 0 Å². The Morgan fingerprint density at radius 1 is 1.39 bits per heavy atom. The molecule has 1 aromatic carbocycles. The van der Waals surface area contributed by atoms with E-state index in [1.165, 1.54) is 12.1 Å². The quantitative estimate of drug-likeness (QED) is 0.827. The van der Waals surface area contributed by atoms with Crippen LogP contribution in [-0.4, -0.2) is 18.6 Å². The molecule has 1 aromatic heterocycles. The SMILES string of the molecule is CNCCCc1ncc(-c2cc(F)ccc2C)o1. The predicted molar refractivity (Wildman–Crippen MR) is 68.9 cm³/mol. The van der Waals surface area contributed by atoms with Crippen molar-refractivity contribution in [2.24, 2.45) is 0 Å². The molecular weight excluding hydrogens is 231 g/mol. The molecule has 0 atom stereocenters. The number of aryl methyl sites for hydroxylation is 2. The van der Waals surface area contributed by atoms with E-state index in [0.29, 0.717) is 11.7 Å². The van der Waals surface area contributed by atoms with E-state index in [2.05, 4.69) is 10.3 Å². The highest BCUT2D eigenvalue weighted by atomic mass is 19.1. The maximum Gasteiger partial charge on any atom is 0.194 e. The van der Waals surface area contributed by atoms with Gasteiger partial charge in [-0.3, -0.25) is 0 Å². The summed E-state index contributed by atoms with van der Waals surface area (Å²) in [5, 5.41) is 3.07. The summed E-state index contributed by atoms with van der Waals surface area (Å²) in [7, 11) is 1.91. The lowest BCUT2D eigenvalue weighted by atomic mass is 10.1. The molecule has 0 spiro atoms. The summed E-state index contributed by atoms with van der Waals surface area (Å²) < 4.78 is 18.9. The van der Waals surface area contributed by atoms with Gasteiger partial charge in [-0.25, -0.2) is 9.37 Å². The van der Waals surface area contributed by atoms with E-state index in [-0.39, 0.29) is 5.82 Å². The molecule has 0 saturated heterocycles. The van der Waals surface area contributed by atoms with Crippen LogP contribution in [-0.2, 0) is 6.42 Å². The Labute approximate surface area is 106 Å². The number of benzene rings is 1. The molecule has 0 fully saturated rings. The maximum absolute atomic E-state index is 13.2. The van der Waals surface area contributed by atoms with Crippen molar-refractivity contribution in [3.63, 3.8) is 0 Å². The third-order valence-corrected chi connectivity index (χ3v) is 2.84. The summed E-state index contributed by atoms with van der Waals surface area (Å²) in [5.74, 6) is 1.07. The van der Waals surface area contributed by atoms with E-state index in [1.54, 1.807) is 12.3 Å². The summed E-state index contributed by atoms with van der Waals surface area (Å²) in [6.07, 6.45) is 3.42. The van der Waals surface area contributed by atoms with E-state index >= 15 is 0 Å².